The summed E-state index contributed by atoms with van der Waals surface area (Å²) in [6.45, 7) is 3.01. The largest absolute Gasteiger partial charge is 0.462 e. The summed E-state index contributed by atoms with van der Waals surface area (Å²) in [5, 5.41) is 2.72. The number of amides is 1. The summed E-state index contributed by atoms with van der Waals surface area (Å²) < 4.78 is 4.86. The van der Waals surface area contributed by atoms with E-state index in [2.05, 4.69) is 5.32 Å². The smallest absolute Gasteiger partial charge is 0.302 e. The van der Waals surface area contributed by atoms with Crippen LogP contribution in [0.4, 0.5) is 5.69 Å². The second kappa shape index (κ2) is 5.90. The molecule has 0 saturated carbocycles. The van der Waals surface area contributed by atoms with E-state index in [1.807, 2.05) is 18.2 Å². The molecule has 1 N–H and O–H groups in total. The predicted molar refractivity (Wildman–Crippen MR) is 60.9 cm³/mol. The van der Waals surface area contributed by atoms with Gasteiger partial charge in [0.25, 0.3) is 0 Å². The molecule has 16 heavy (non-hydrogen) atoms. The number of carbonyl (C=O) groups is 2. The van der Waals surface area contributed by atoms with E-state index in [1.165, 1.54) is 6.92 Å². The Bertz CT molecular complexity index is 362. The first-order valence-electron chi connectivity index (χ1n) is 5.10. The minimum Gasteiger partial charge on any atom is -0.462 e. The zero-order chi connectivity index (χ0) is 12.0. The molecule has 0 aromatic heterocycles. The van der Waals surface area contributed by atoms with E-state index in [0.29, 0.717) is 0 Å². The summed E-state index contributed by atoms with van der Waals surface area (Å²) in [7, 11) is 0. The number of anilines is 1. The van der Waals surface area contributed by atoms with E-state index in [9.17, 15) is 9.59 Å². The van der Waals surface area contributed by atoms with E-state index in [0.717, 1.165) is 5.69 Å². The van der Waals surface area contributed by atoms with Crippen molar-refractivity contribution in [2.45, 2.75) is 26.4 Å². The highest BCUT2D eigenvalue weighted by molar-refractivity contribution is 5.91. The number of benzene rings is 1. The molecule has 86 valence electrons. The van der Waals surface area contributed by atoms with Crippen molar-refractivity contribution in [2.75, 3.05) is 5.32 Å². The lowest BCUT2D eigenvalue weighted by Gasteiger charge is -2.11. The van der Waals surface area contributed by atoms with E-state index < -0.39 is 6.10 Å². The molecule has 0 aliphatic carbocycles. The van der Waals surface area contributed by atoms with Crippen molar-refractivity contribution in [3.05, 3.63) is 30.3 Å². The average molecular weight is 221 g/mol. The van der Waals surface area contributed by atoms with Crippen molar-refractivity contribution in [2.24, 2.45) is 0 Å². The van der Waals surface area contributed by atoms with Gasteiger partial charge in [0.15, 0.2) is 0 Å². The highest BCUT2D eigenvalue weighted by Gasteiger charge is 2.11. The molecule has 1 aromatic rings. The molecule has 0 heterocycles. The molecule has 4 nitrogen and oxygen atoms in total. The van der Waals surface area contributed by atoms with Gasteiger partial charge in [0, 0.05) is 12.6 Å². The van der Waals surface area contributed by atoms with Crippen LogP contribution in [0.1, 0.15) is 20.3 Å². The van der Waals surface area contributed by atoms with Crippen molar-refractivity contribution >= 4 is 17.6 Å². The molecule has 1 aromatic carbocycles. The van der Waals surface area contributed by atoms with Crippen molar-refractivity contribution < 1.29 is 14.3 Å². The van der Waals surface area contributed by atoms with Crippen LogP contribution in [0, 0.1) is 0 Å². The van der Waals surface area contributed by atoms with E-state index in [1.54, 1.807) is 19.1 Å². The average Bonchev–Trinajstić information content (AvgIpc) is 2.17. The third-order valence-corrected chi connectivity index (χ3v) is 1.90. The number of hydrogen-bond donors (Lipinski definition) is 1. The molecular weight excluding hydrogens is 206 g/mol. The topological polar surface area (TPSA) is 55.4 Å². The van der Waals surface area contributed by atoms with Gasteiger partial charge >= 0.3 is 5.97 Å². The van der Waals surface area contributed by atoms with Gasteiger partial charge in [-0.2, -0.15) is 0 Å². The lowest BCUT2D eigenvalue weighted by atomic mass is 10.2. The van der Waals surface area contributed by atoms with Crippen molar-refractivity contribution in [3.8, 4) is 0 Å². The van der Waals surface area contributed by atoms with E-state index >= 15 is 0 Å². The number of nitrogens with one attached hydrogen (secondary N) is 1. The SMILES string of the molecule is CC(=O)O[C@@H](C)CC(=O)Nc1ccccc1. The monoisotopic (exact) mass is 221 g/mol. The van der Waals surface area contributed by atoms with E-state index in [4.69, 9.17) is 4.74 Å². The van der Waals surface area contributed by atoms with Crippen LogP contribution in [0.15, 0.2) is 30.3 Å². The fourth-order valence-corrected chi connectivity index (χ4v) is 1.32. The molecule has 0 fully saturated rings. The number of hydrogen-bond acceptors (Lipinski definition) is 3. The molecule has 1 amide bonds. The predicted octanol–water partition coefficient (Wildman–Crippen LogP) is 1.97. The number of carbonyl (C=O) groups excluding carboxylic acids is 2. The Hall–Kier alpha value is -1.84. The molecular formula is C12H15NO3. The third-order valence-electron chi connectivity index (χ3n) is 1.90. The van der Waals surface area contributed by atoms with Gasteiger partial charge < -0.3 is 10.1 Å². The highest BCUT2D eigenvalue weighted by atomic mass is 16.5. The van der Waals surface area contributed by atoms with E-state index in [-0.39, 0.29) is 18.3 Å². The van der Waals surface area contributed by atoms with Gasteiger partial charge in [-0.3, -0.25) is 9.59 Å². The Balaban J connectivity index is 2.39. The van der Waals surface area contributed by atoms with Crippen molar-refractivity contribution in [1.29, 1.82) is 0 Å². The van der Waals surface area contributed by atoms with Crippen LogP contribution < -0.4 is 5.32 Å². The lowest BCUT2D eigenvalue weighted by Crippen LogP contribution is -2.21. The number of esters is 1. The maximum absolute atomic E-state index is 11.5. The van der Waals surface area contributed by atoms with Gasteiger partial charge in [-0.05, 0) is 19.1 Å². The van der Waals surface area contributed by atoms with Gasteiger partial charge in [0.1, 0.15) is 6.10 Å². The Morgan fingerprint density at radius 3 is 2.50 bits per heavy atom. The molecule has 0 aliphatic rings. The summed E-state index contributed by atoms with van der Waals surface area (Å²) in [5.41, 5.74) is 0.738. The van der Waals surface area contributed by atoms with Crippen LogP contribution in [0.25, 0.3) is 0 Å². The Morgan fingerprint density at radius 1 is 1.31 bits per heavy atom. The fourth-order valence-electron chi connectivity index (χ4n) is 1.32. The van der Waals surface area contributed by atoms with Crippen molar-refractivity contribution in [1.82, 2.24) is 0 Å². The zero-order valence-electron chi connectivity index (χ0n) is 9.40. The third kappa shape index (κ3) is 4.59. The van der Waals surface area contributed by atoms with Gasteiger partial charge in [0.2, 0.25) is 5.91 Å². The van der Waals surface area contributed by atoms with Gasteiger partial charge in [-0.1, -0.05) is 18.2 Å². The van der Waals surface area contributed by atoms with Gasteiger partial charge in [0.05, 0.1) is 6.42 Å². The maximum atomic E-state index is 11.5. The standard InChI is InChI=1S/C12H15NO3/c1-9(16-10(2)14)8-12(15)13-11-6-4-3-5-7-11/h3-7,9H,8H2,1-2H3,(H,13,15)/t9-/m0/s1. The number of rotatable bonds is 4. The Labute approximate surface area is 94.6 Å². The van der Waals surface area contributed by atoms with Gasteiger partial charge in [-0.15, -0.1) is 0 Å². The van der Waals surface area contributed by atoms with Crippen LogP contribution >= 0.6 is 0 Å². The first kappa shape index (κ1) is 12.2. The molecule has 0 saturated heterocycles. The van der Waals surface area contributed by atoms with Crippen molar-refractivity contribution in [3.63, 3.8) is 0 Å². The Morgan fingerprint density at radius 2 is 1.94 bits per heavy atom. The summed E-state index contributed by atoms with van der Waals surface area (Å²) in [6.07, 6.45) is -0.240. The Kier molecular flexibility index (Phi) is 4.51. The van der Waals surface area contributed by atoms with Crippen LogP contribution in [0.3, 0.4) is 0 Å². The minimum absolute atomic E-state index is 0.161. The van der Waals surface area contributed by atoms with Crippen LogP contribution in [0.5, 0.6) is 0 Å². The second-order valence-corrected chi connectivity index (χ2v) is 3.54. The summed E-state index contributed by atoms with van der Waals surface area (Å²) in [5.74, 6) is -0.542. The number of para-hydroxylation sites is 1. The summed E-state index contributed by atoms with van der Waals surface area (Å²) >= 11 is 0. The quantitative estimate of drug-likeness (QED) is 0.791. The first-order chi connectivity index (χ1) is 7.58. The highest BCUT2D eigenvalue weighted by Crippen LogP contribution is 2.07. The van der Waals surface area contributed by atoms with Crippen LogP contribution in [-0.2, 0) is 14.3 Å². The molecule has 1 rings (SSSR count). The first-order valence-corrected chi connectivity index (χ1v) is 5.10. The zero-order valence-corrected chi connectivity index (χ0v) is 9.40. The molecule has 0 unspecified atom stereocenters. The maximum Gasteiger partial charge on any atom is 0.302 e. The molecule has 0 spiro atoms. The summed E-state index contributed by atoms with van der Waals surface area (Å²) in [4.78, 5) is 22.1. The number of ether oxygens (including phenoxy) is 1. The minimum atomic E-state index is -0.402. The second-order valence-electron chi connectivity index (χ2n) is 3.54. The van der Waals surface area contributed by atoms with Gasteiger partial charge in [-0.25, -0.2) is 0 Å². The normalized spacial score (nSPS) is 11.6. The summed E-state index contributed by atoms with van der Waals surface area (Å²) in [6, 6.07) is 9.15. The molecule has 4 heteroatoms. The molecule has 0 aliphatic heterocycles. The molecule has 0 bridgehead atoms. The fraction of sp³-hybridized carbons (Fsp3) is 0.333. The molecule has 0 radical (unpaired) electrons. The van der Waals surface area contributed by atoms with Crippen LogP contribution in [0.2, 0.25) is 0 Å². The lowest BCUT2D eigenvalue weighted by molar-refractivity contribution is -0.146. The molecule has 1 atom stereocenters. The van der Waals surface area contributed by atoms with Crippen LogP contribution in [-0.4, -0.2) is 18.0 Å².